The fourth-order valence-corrected chi connectivity index (χ4v) is 3.75. The van der Waals surface area contributed by atoms with Gasteiger partial charge >= 0.3 is 6.09 Å². The lowest BCUT2D eigenvalue weighted by molar-refractivity contribution is -0.171. The molecule has 3 rings (SSSR count). The number of amides is 2. The Bertz CT molecular complexity index is 658. The van der Waals surface area contributed by atoms with Gasteiger partial charge in [-0.3, -0.25) is 4.79 Å². The van der Waals surface area contributed by atoms with Crippen LogP contribution in [0, 0.1) is 5.92 Å². The number of carbonyl (C=O) groups excluding carboxylic acids is 2. The molecule has 0 aliphatic carbocycles. The number of nitrogens with zero attached hydrogens (tertiary/aromatic N) is 1. The van der Waals surface area contributed by atoms with Gasteiger partial charge in [0.2, 0.25) is 5.91 Å². The third-order valence-corrected chi connectivity index (χ3v) is 5.21. The first-order chi connectivity index (χ1) is 12.9. The molecule has 3 atom stereocenters. The van der Waals surface area contributed by atoms with Crippen molar-refractivity contribution in [3.63, 3.8) is 0 Å². The Morgan fingerprint density at radius 1 is 1.30 bits per heavy atom. The van der Waals surface area contributed by atoms with Gasteiger partial charge in [0.15, 0.2) is 5.79 Å². The first-order valence-electron chi connectivity index (χ1n) is 9.43. The van der Waals surface area contributed by atoms with Crippen molar-refractivity contribution in [3.8, 4) is 0 Å². The Morgan fingerprint density at radius 2 is 1.96 bits per heavy atom. The summed E-state index contributed by atoms with van der Waals surface area (Å²) in [6, 6.07) is 9.28. The summed E-state index contributed by atoms with van der Waals surface area (Å²) in [6.07, 6.45) is -0.529. The summed E-state index contributed by atoms with van der Waals surface area (Å²) in [5.41, 5.74) is 1.02. The molecule has 2 aliphatic rings. The van der Waals surface area contributed by atoms with Gasteiger partial charge in [-0.05, 0) is 25.3 Å². The molecule has 1 N–H and O–H groups in total. The minimum atomic E-state index is -0.976. The van der Waals surface area contributed by atoms with Crippen LogP contribution in [0.4, 0.5) is 4.79 Å². The van der Waals surface area contributed by atoms with Crippen molar-refractivity contribution in [2.75, 3.05) is 19.8 Å². The number of cyclic esters (lactones) is 1. The molecule has 0 spiro atoms. The number of aliphatic hydroxyl groups excluding tert-OH is 1. The van der Waals surface area contributed by atoms with E-state index in [0.717, 1.165) is 5.56 Å². The van der Waals surface area contributed by atoms with Crippen molar-refractivity contribution in [2.24, 2.45) is 5.92 Å². The zero-order valence-corrected chi connectivity index (χ0v) is 15.8. The molecule has 0 saturated carbocycles. The summed E-state index contributed by atoms with van der Waals surface area (Å²) in [6.45, 7) is 4.66. The minimum Gasteiger partial charge on any atom is -0.447 e. The van der Waals surface area contributed by atoms with Crippen LogP contribution in [0.2, 0.25) is 0 Å². The quantitative estimate of drug-likeness (QED) is 0.783. The summed E-state index contributed by atoms with van der Waals surface area (Å²) >= 11 is 0. The summed E-state index contributed by atoms with van der Waals surface area (Å²) < 4.78 is 16.2. The Balaban J connectivity index is 1.70. The zero-order valence-electron chi connectivity index (χ0n) is 15.8. The smallest absolute Gasteiger partial charge is 0.416 e. The first-order valence-corrected chi connectivity index (χ1v) is 9.43. The van der Waals surface area contributed by atoms with Crippen LogP contribution in [0.15, 0.2) is 30.3 Å². The van der Waals surface area contributed by atoms with Gasteiger partial charge < -0.3 is 19.3 Å². The normalized spacial score (nSPS) is 23.9. The third kappa shape index (κ3) is 4.48. The molecule has 27 heavy (non-hydrogen) atoms. The Labute approximate surface area is 159 Å². The fraction of sp³-hybridized carbons (Fsp3) is 0.600. The molecule has 0 radical (unpaired) electrons. The SMILES string of the molecule is CCC(C(=O)N1C(=O)OC[C@H]1Cc1ccccc1)C(O)CC1(C)OCCO1. The lowest BCUT2D eigenvalue weighted by Crippen LogP contribution is -2.47. The number of carbonyl (C=O) groups is 2. The van der Waals surface area contributed by atoms with Crippen molar-refractivity contribution >= 4 is 12.0 Å². The molecule has 2 fully saturated rings. The second-order valence-corrected chi connectivity index (χ2v) is 7.25. The molecule has 2 aliphatic heterocycles. The van der Waals surface area contributed by atoms with Crippen LogP contribution >= 0.6 is 0 Å². The largest absolute Gasteiger partial charge is 0.447 e. The lowest BCUT2D eigenvalue weighted by atomic mass is 9.92. The van der Waals surface area contributed by atoms with Gasteiger partial charge in [0.05, 0.1) is 31.3 Å². The average molecular weight is 377 g/mol. The standard InChI is InChI=1S/C20H27NO6/c1-3-16(17(22)12-20(2)26-9-10-27-20)18(23)21-15(13-25-19(21)24)11-14-7-5-4-6-8-14/h4-8,15-17,22H,3,9-13H2,1-2H3/t15-,16?,17?/m1/s1. The van der Waals surface area contributed by atoms with Crippen molar-refractivity contribution in [3.05, 3.63) is 35.9 Å². The Hall–Kier alpha value is -1.96. The topological polar surface area (TPSA) is 85.3 Å². The van der Waals surface area contributed by atoms with Crippen molar-refractivity contribution < 1.29 is 28.9 Å². The highest BCUT2D eigenvalue weighted by atomic mass is 16.7. The Morgan fingerprint density at radius 3 is 2.59 bits per heavy atom. The van der Waals surface area contributed by atoms with Gasteiger partial charge in [-0.15, -0.1) is 0 Å². The summed E-state index contributed by atoms with van der Waals surface area (Å²) in [5, 5.41) is 10.7. The average Bonchev–Trinajstić information content (AvgIpc) is 3.22. The lowest BCUT2D eigenvalue weighted by Gasteiger charge is -2.31. The molecular weight excluding hydrogens is 350 g/mol. The van der Waals surface area contributed by atoms with Crippen LogP contribution in [-0.4, -0.2) is 59.8 Å². The molecule has 0 bridgehead atoms. The number of rotatable bonds is 7. The summed E-state index contributed by atoms with van der Waals surface area (Å²) in [4.78, 5) is 26.5. The van der Waals surface area contributed by atoms with Gasteiger partial charge in [-0.2, -0.15) is 0 Å². The summed E-state index contributed by atoms with van der Waals surface area (Å²) in [7, 11) is 0. The molecule has 148 valence electrons. The zero-order chi connectivity index (χ0) is 19.4. The molecule has 7 nitrogen and oxygen atoms in total. The monoisotopic (exact) mass is 377 g/mol. The van der Waals surface area contributed by atoms with E-state index in [1.807, 2.05) is 37.3 Å². The molecule has 2 unspecified atom stereocenters. The Kier molecular flexibility index (Phi) is 6.14. The van der Waals surface area contributed by atoms with E-state index in [1.54, 1.807) is 6.92 Å². The second kappa shape index (κ2) is 8.37. The number of imide groups is 1. The van der Waals surface area contributed by atoms with E-state index in [2.05, 4.69) is 0 Å². The minimum absolute atomic E-state index is 0.163. The molecule has 0 aromatic heterocycles. The molecule has 1 aromatic rings. The number of ether oxygens (including phenoxy) is 3. The maximum atomic E-state index is 13.1. The van der Waals surface area contributed by atoms with E-state index in [0.29, 0.717) is 26.1 Å². The van der Waals surface area contributed by atoms with Crippen molar-refractivity contribution in [2.45, 2.75) is 51.0 Å². The van der Waals surface area contributed by atoms with E-state index in [1.165, 1.54) is 4.90 Å². The highest BCUT2D eigenvalue weighted by Gasteiger charge is 2.44. The molecular formula is C20H27NO6. The van der Waals surface area contributed by atoms with E-state index in [9.17, 15) is 14.7 Å². The summed E-state index contributed by atoms with van der Waals surface area (Å²) in [5.74, 6) is -2.03. The first kappa shape index (κ1) is 19.8. The van der Waals surface area contributed by atoms with Crippen LogP contribution < -0.4 is 0 Å². The number of aliphatic hydroxyl groups is 1. The van der Waals surface area contributed by atoms with E-state index in [-0.39, 0.29) is 19.1 Å². The highest BCUT2D eigenvalue weighted by molar-refractivity contribution is 5.95. The number of benzene rings is 1. The molecule has 2 heterocycles. The van der Waals surface area contributed by atoms with Crippen LogP contribution in [0.1, 0.15) is 32.3 Å². The van der Waals surface area contributed by atoms with Crippen molar-refractivity contribution in [1.29, 1.82) is 0 Å². The van der Waals surface area contributed by atoms with Crippen molar-refractivity contribution in [1.82, 2.24) is 4.90 Å². The predicted molar refractivity (Wildman–Crippen MR) is 96.8 cm³/mol. The molecule has 1 aromatic carbocycles. The maximum Gasteiger partial charge on any atom is 0.416 e. The van der Waals surface area contributed by atoms with Gasteiger partial charge in [0, 0.05) is 6.42 Å². The van der Waals surface area contributed by atoms with E-state index < -0.39 is 29.8 Å². The maximum absolute atomic E-state index is 13.1. The molecule has 7 heteroatoms. The number of hydrogen-bond acceptors (Lipinski definition) is 6. The van der Waals surface area contributed by atoms with Crippen LogP contribution in [0.5, 0.6) is 0 Å². The van der Waals surface area contributed by atoms with Crippen LogP contribution in [0.25, 0.3) is 0 Å². The van der Waals surface area contributed by atoms with Crippen LogP contribution in [-0.2, 0) is 25.4 Å². The number of hydrogen-bond donors (Lipinski definition) is 1. The van der Waals surface area contributed by atoms with Crippen LogP contribution in [0.3, 0.4) is 0 Å². The van der Waals surface area contributed by atoms with Gasteiger partial charge in [-0.1, -0.05) is 37.3 Å². The van der Waals surface area contributed by atoms with Gasteiger partial charge in [-0.25, -0.2) is 9.69 Å². The second-order valence-electron chi connectivity index (χ2n) is 7.25. The van der Waals surface area contributed by atoms with E-state index >= 15 is 0 Å². The molecule has 2 saturated heterocycles. The highest BCUT2D eigenvalue weighted by Crippen LogP contribution is 2.30. The third-order valence-electron chi connectivity index (χ3n) is 5.21. The predicted octanol–water partition coefficient (Wildman–Crippen LogP) is 2.12. The molecule has 2 amide bonds. The van der Waals surface area contributed by atoms with Gasteiger partial charge in [0.25, 0.3) is 0 Å². The fourth-order valence-electron chi connectivity index (χ4n) is 3.75. The van der Waals surface area contributed by atoms with E-state index in [4.69, 9.17) is 14.2 Å². The van der Waals surface area contributed by atoms with Gasteiger partial charge in [0.1, 0.15) is 6.61 Å².